The molecule has 2 aromatic carbocycles. The number of carbonyl (C=O) groups excluding carboxylic acids is 4. The van der Waals surface area contributed by atoms with Gasteiger partial charge in [0, 0.05) is 42.5 Å². The molecule has 4 aliphatic heterocycles. The van der Waals surface area contributed by atoms with Crippen molar-refractivity contribution in [2.75, 3.05) is 27.3 Å². The minimum Gasteiger partial charge on any atom is -0.485 e. The zero-order valence-corrected chi connectivity index (χ0v) is 33.2. The third-order valence-corrected chi connectivity index (χ3v) is 11.4. The number of allylic oxidation sites excluding steroid dienone is 1. The van der Waals surface area contributed by atoms with E-state index in [2.05, 4.69) is 26.7 Å². The topological polar surface area (TPSA) is 168 Å². The summed E-state index contributed by atoms with van der Waals surface area (Å²) in [6.07, 6.45) is 5.79. The molecular formula is C42H50FN7O7. The average molecular weight is 784 g/mol. The number of halogens is 1. The first kappa shape index (κ1) is 39.5. The highest BCUT2D eigenvalue weighted by molar-refractivity contribution is 6.04. The number of methoxy groups -OCH3 is 2. The van der Waals surface area contributed by atoms with Gasteiger partial charge in [0.2, 0.25) is 11.8 Å². The molecular weight excluding hydrogens is 734 g/mol. The van der Waals surface area contributed by atoms with E-state index in [9.17, 15) is 19.2 Å². The van der Waals surface area contributed by atoms with Gasteiger partial charge in [-0.25, -0.2) is 19.0 Å². The molecule has 3 N–H and O–H groups in total. The Balaban J connectivity index is 1.04. The Bertz CT molecular complexity index is 2130. The fourth-order valence-corrected chi connectivity index (χ4v) is 8.36. The number of likely N-dealkylation sites (tertiary alicyclic amines) is 2. The van der Waals surface area contributed by atoms with Crippen molar-refractivity contribution in [3.05, 3.63) is 65.5 Å². The molecule has 0 radical (unpaired) electrons. The van der Waals surface area contributed by atoms with Crippen molar-refractivity contribution in [2.24, 2.45) is 16.8 Å². The number of imidazole rings is 1. The zero-order chi connectivity index (χ0) is 40.5. The number of aromatic amines is 1. The molecule has 302 valence electrons. The molecule has 1 aromatic heterocycles. The Morgan fingerprint density at radius 2 is 1.46 bits per heavy atom. The van der Waals surface area contributed by atoms with E-state index in [0.29, 0.717) is 48.6 Å². The number of hydrogen-bond acceptors (Lipinski definition) is 9. The van der Waals surface area contributed by atoms with E-state index in [-0.39, 0.29) is 48.1 Å². The van der Waals surface area contributed by atoms with Gasteiger partial charge >= 0.3 is 12.2 Å². The molecule has 4 aliphatic rings. The molecule has 0 spiro atoms. The van der Waals surface area contributed by atoms with Crippen molar-refractivity contribution in [3.8, 4) is 28.1 Å². The third kappa shape index (κ3) is 7.71. The van der Waals surface area contributed by atoms with Crippen molar-refractivity contribution in [1.29, 1.82) is 0 Å². The standard InChI is InChI=1S/C42H50FN7O7/c1-22(2)35(47-41(53)55-5)39(51)49-15-7-9-32(49)30-18-25(19-44-30)24-11-12-27-26(17-24)21-57-37-28(27)13-14-29(34(37)43)31-20-45-38(46-31)33-10-8-16-50(33)40(52)36(23(3)4)48-42(54)56-6/h11-14,17,19-20,22-23,32-33,35-36H,7-10,15-16,18,21H2,1-6H3,(H,45,46)(H,47,53)(H,48,54)/t32?,33-,35-,36-/m0/s1. The lowest BCUT2D eigenvalue weighted by atomic mass is 9.91. The van der Waals surface area contributed by atoms with Crippen molar-refractivity contribution < 1.29 is 37.8 Å². The lowest BCUT2D eigenvalue weighted by Crippen LogP contribution is -2.53. The van der Waals surface area contributed by atoms with E-state index in [1.165, 1.54) is 14.2 Å². The molecule has 7 rings (SSSR count). The van der Waals surface area contributed by atoms with E-state index in [4.69, 9.17) is 19.2 Å². The minimum absolute atomic E-state index is 0.118. The first-order valence-corrected chi connectivity index (χ1v) is 19.6. The highest BCUT2D eigenvalue weighted by Crippen LogP contribution is 2.44. The summed E-state index contributed by atoms with van der Waals surface area (Å²) in [5, 5.41) is 5.35. The Hall–Kier alpha value is -5.73. The van der Waals surface area contributed by atoms with Gasteiger partial charge in [0.05, 0.1) is 38.2 Å². The van der Waals surface area contributed by atoms with Crippen molar-refractivity contribution in [1.82, 2.24) is 30.4 Å². The second-order valence-electron chi connectivity index (χ2n) is 15.7. The summed E-state index contributed by atoms with van der Waals surface area (Å²) in [5.41, 5.74) is 6.12. The van der Waals surface area contributed by atoms with E-state index in [1.54, 1.807) is 17.2 Å². The van der Waals surface area contributed by atoms with Crippen molar-refractivity contribution in [2.45, 2.75) is 90.6 Å². The molecule has 15 heteroatoms. The molecule has 57 heavy (non-hydrogen) atoms. The molecule has 5 heterocycles. The number of fused-ring (bicyclic) bond motifs is 3. The van der Waals surface area contributed by atoms with Crippen molar-refractivity contribution >= 4 is 35.3 Å². The highest BCUT2D eigenvalue weighted by Gasteiger charge is 2.40. The van der Waals surface area contributed by atoms with Gasteiger partial charge in [-0.05, 0) is 78.0 Å². The number of carbonyl (C=O) groups is 4. The van der Waals surface area contributed by atoms with Gasteiger partial charge in [-0.15, -0.1) is 0 Å². The number of nitrogens with zero attached hydrogens (tertiary/aromatic N) is 4. The number of aliphatic imine (C=N–C) groups is 1. The summed E-state index contributed by atoms with van der Waals surface area (Å²) in [4.78, 5) is 67.3. The highest BCUT2D eigenvalue weighted by atomic mass is 19.1. The van der Waals surface area contributed by atoms with Gasteiger partial charge < -0.3 is 39.6 Å². The van der Waals surface area contributed by atoms with Crippen molar-refractivity contribution in [3.63, 3.8) is 0 Å². The number of benzene rings is 2. The largest absolute Gasteiger partial charge is 0.485 e. The maximum absolute atomic E-state index is 16.3. The summed E-state index contributed by atoms with van der Waals surface area (Å²) >= 11 is 0. The summed E-state index contributed by atoms with van der Waals surface area (Å²) < 4.78 is 31.9. The van der Waals surface area contributed by atoms with Gasteiger partial charge in [-0.3, -0.25) is 14.6 Å². The molecule has 14 nitrogen and oxygen atoms in total. The maximum atomic E-state index is 16.3. The Morgan fingerprint density at radius 1 is 0.860 bits per heavy atom. The van der Waals surface area contributed by atoms with Crippen LogP contribution in [0.5, 0.6) is 5.75 Å². The Morgan fingerprint density at radius 3 is 2.09 bits per heavy atom. The quantitative estimate of drug-likeness (QED) is 0.213. The van der Waals surface area contributed by atoms with Crippen LogP contribution in [-0.4, -0.2) is 94.9 Å². The van der Waals surface area contributed by atoms with Crippen LogP contribution < -0.4 is 15.4 Å². The van der Waals surface area contributed by atoms with Gasteiger partial charge in [0.1, 0.15) is 24.5 Å². The van der Waals surface area contributed by atoms with Crippen LogP contribution in [0.1, 0.15) is 82.8 Å². The smallest absolute Gasteiger partial charge is 0.407 e. The van der Waals surface area contributed by atoms with E-state index >= 15 is 4.39 Å². The summed E-state index contributed by atoms with van der Waals surface area (Å²) in [6.45, 7) is 8.79. The number of aromatic nitrogens is 2. The lowest BCUT2D eigenvalue weighted by molar-refractivity contribution is -0.135. The number of ether oxygens (including phenoxy) is 3. The normalized spacial score (nSPS) is 19.7. The van der Waals surface area contributed by atoms with Gasteiger partial charge in [-0.2, -0.15) is 0 Å². The molecule has 0 bridgehead atoms. The first-order chi connectivity index (χ1) is 27.4. The summed E-state index contributed by atoms with van der Waals surface area (Å²) in [7, 11) is 2.54. The molecule has 3 aromatic rings. The number of alkyl carbamates (subject to hydrolysis) is 2. The van der Waals surface area contributed by atoms with Gasteiger partial charge in [0.15, 0.2) is 11.6 Å². The van der Waals surface area contributed by atoms with Crippen LogP contribution >= 0.6 is 0 Å². The van der Waals surface area contributed by atoms with E-state index < -0.39 is 30.1 Å². The second kappa shape index (κ2) is 16.4. The molecule has 0 aliphatic carbocycles. The number of rotatable bonds is 10. The number of hydrogen-bond donors (Lipinski definition) is 3. The van der Waals surface area contributed by atoms with Crippen LogP contribution in [-0.2, 0) is 25.7 Å². The molecule has 4 atom stereocenters. The third-order valence-electron chi connectivity index (χ3n) is 11.4. The lowest BCUT2D eigenvalue weighted by Gasteiger charge is -2.31. The number of H-pyrrole nitrogens is 1. The van der Waals surface area contributed by atoms with E-state index in [0.717, 1.165) is 47.2 Å². The number of nitrogens with one attached hydrogen (secondary N) is 3. The van der Waals surface area contributed by atoms with Crippen LogP contribution in [0.25, 0.3) is 28.0 Å². The molecule has 2 saturated heterocycles. The summed E-state index contributed by atoms with van der Waals surface area (Å²) in [5.74, 6) is -0.443. The van der Waals surface area contributed by atoms with Crippen LogP contribution in [0.2, 0.25) is 0 Å². The Labute approximate surface area is 331 Å². The van der Waals surface area contributed by atoms with E-state index in [1.807, 2.05) is 57.0 Å². The van der Waals surface area contributed by atoms with Gasteiger partial charge in [0.25, 0.3) is 0 Å². The average Bonchev–Trinajstić information content (AvgIpc) is 4.05. The zero-order valence-electron chi connectivity index (χ0n) is 33.2. The Kier molecular flexibility index (Phi) is 11.4. The predicted octanol–water partition coefficient (Wildman–Crippen LogP) is 6.38. The predicted molar refractivity (Wildman–Crippen MR) is 211 cm³/mol. The number of amides is 4. The first-order valence-electron chi connectivity index (χ1n) is 19.6. The van der Waals surface area contributed by atoms with Crippen LogP contribution in [0.3, 0.4) is 0 Å². The summed E-state index contributed by atoms with van der Waals surface area (Å²) in [6, 6.07) is 7.65. The van der Waals surface area contributed by atoms with Crippen LogP contribution in [0.4, 0.5) is 14.0 Å². The molecule has 1 unspecified atom stereocenters. The van der Waals surface area contributed by atoms with Crippen LogP contribution in [0, 0.1) is 17.7 Å². The van der Waals surface area contributed by atoms with Gasteiger partial charge in [-0.1, -0.05) is 39.8 Å². The minimum atomic E-state index is -0.760. The SMILES string of the molecule is COC(=O)N[C@H](C(=O)N1CCCC1C1=NC=C(c2ccc3c(c2)COc2c-3ccc(-c3cnc([C@@H]4CCCN4C(=O)[C@@H](NC(=O)OC)C(C)C)[nH]3)c2F)C1)C(C)C. The molecule has 2 fully saturated rings. The second-order valence-corrected chi connectivity index (χ2v) is 15.7. The fourth-order valence-electron chi connectivity index (χ4n) is 8.36. The monoisotopic (exact) mass is 783 g/mol. The maximum Gasteiger partial charge on any atom is 0.407 e. The molecule has 0 saturated carbocycles. The molecule has 4 amide bonds. The van der Waals surface area contributed by atoms with Crippen LogP contribution in [0.15, 0.2) is 47.7 Å². The fraction of sp³-hybridized carbons (Fsp3) is 0.476.